The van der Waals surface area contributed by atoms with E-state index in [1.165, 1.54) is 0 Å². The summed E-state index contributed by atoms with van der Waals surface area (Å²) in [6.45, 7) is 9.18. The number of para-hydroxylation sites is 1. The number of pyridine rings is 1. The number of benzene rings is 2. The van der Waals surface area contributed by atoms with Gasteiger partial charge in [0.2, 0.25) is 0 Å². The second kappa shape index (κ2) is 10.4. The van der Waals surface area contributed by atoms with Gasteiger partial charge in [0.25, 0.3) is 5.91 Å². The van der Waals surface area contributed by atoms with Crippen molar-refractivity contribution in [1.29, 1.82) is 0 Å². The molecule has 0 spiro atoms. The maximum atomic E-state index is 12.6. The lowest BCUT2D eigenvalue weighted by Crippen LogP contribution is -2.52. The smallest absolute Gasteiger partial charge is 0.407 e. The van der Waals surface area contributed by atoms with Gasteiger partial charge in [0.15, 0.2) is 11.1 Å². The quantitative estimate of drug-likeness (QED) is 0.368. The van der Waals surface area contributed by atoms with Crippen LogP contribution in [0.3, 0.4) is 0 Å². The van der Waals surface area contributed by atoms with E-state index in [1.807, 2.05) is 61.5 Å². The van der Waals surface area contributed by atoms with Gasteiger partial charge in [0.1, 0.15) is 18.0 Å². The third-order valence-electron chi connectivity index (χ3n) is 7.03. The molecule has 11 heteroatoms. The first-order valence-electron chi connectivity index (χ1n) is 13.3. The number of urea groups is 1. The van der Waals surface area contributed by atoms with Crippen molar-refractivity contribution in [3.63, 3.8) is 0 Å². The fourth-order valence-corrected chi connectivity index (χ4v) is 4.90. The molecule has 2 aromatic carbocycles. The molecule has 1 saturated heterocycles. The molecular weight excluding hydrogens is 526 g/mol. The zero-order valence-corrected chi connectivity index (χ0v) is 23.7. The average molecular weight is 560 g/mol. The molecule has 2 atom stereocenters. The Balaban J connectivity index is 1.36. The fourth-order valence-electron chi connectivity index (χ4n) is 4.90. The summed E-state index contributed by atoms with van der Waals surface area (Å²) in [5.41, 5.74) is 0.650. The molecule has 2 aliphatic rings. The van der Waals surface area contributed by atoms with Crippen LogP contribution in [0.2, 0.25) is 0 Å². The third-order valence-corrected chi connectivity index (χ3v) is 7.03. The summed E-state index contributed by atoms with van der Waals surface area (Å²) in [6.07, 6.45) is -0.484. The van der Waals surface area contributed by atoms with Crippen LogP contribution < -0.4 is 20.7 Å². The van der Waals surface area contributed by atoms with Crippen LogP contribution in [0.4, 0.5) is 9.59 Å². The lowest BCUT2D eigenvalue weighted by atomic mass is 9.83. The number of oxime groups is 1. The number of aryl methyl sites for hydroxylation is 1. The molecule has 2 aliphatic heterocycles. The summed E-state index contributed by atoms with van der Waals surface area (Å²) < 4.78 is 11.5. The molecule has 41 heavy (non-hydrogen) atoms. The number of amides is 4. The predicted molar refractivity (Wildman–Crippen MR) is 151 cm³/mol. The summed E-state index contributed by atoms with van der Waals surface area (Å²) in [4.78, 5) is 47.5. The zero-order valence-electron chi connectivity index (χ0n) is 23.7. The van der Waals surface area contributed by atoms with Crippen LogP contribution in [0.15, 0.2) is 59.8 Å². The molecule has 3 aromatic rings. The molecule has 0 bridgehead atoms. The van der Waals surface area contributed by atoms with Gasteiger partial charge in [-0.1, -0.05) is 35.5 Å². The summed E-state index contributed by atoms with van der Waals surface area (Å²) in [6, 6.07) is 16.6. The minimum atomic E-state index is -1.38. The van der Waals surface area contributed by atoms with Gasteiger partial charge in [-0.15, -0.1) is 0 Å². The minimum Gasteiger partial charge on any atom is -0.489 e. The highest BCUT2D eigenvalue weighted by atomic mass is 16.7. The van der Waals surface area contributed by atoms with Crippen LogP contribution in [0.25, 0.3) is 10.9 Å². The number of fused-ring (bicyclic) bond motifs is 1. The molecular formula is C30H33N5O6. The van der Waals surface area contributed by atoms with Crippen molar-refractivity contribution in [1.82, 2.24) is 20.9 Å². The zero-order chi connectivity index (χ0) is 29.4. The summed E-state index contributed by atoms with van der Waals surface area (Å²) >= 11 is 0. The van der Waals surface area contributed by atoms with Crippen LogP contribution in [0, 0.1) is 6.92 Å². The number of aromatic nitrogens is 1. The van der Waals surface area contributed by atoms with Gasteiger partial charge in [-0.05, 0) is 58.9 Å². The molecule has 214 valence electrons. The highest BCUT2D eigenvalue weighted by Crippen LogP contribution is 2.38. The molecule has 2 unspecified atom stereocenters. The standard InChI is InChI=1S/C30H33N5O6/c1-18-14-19(22-8-6-7-9-23(22)32-18)16-39-21-12-10-20(11-13-21)30(17-31-27(38)40-28(2,3)4)15-24(35-41-30)29(5)25(36)33-26(37)34-29/h6-14H,15-17H2,1-5H3,(H,31,38)(H2,33,34,36,37). The Morgan fingerprint density at radius 2 is 1.85 bits per heavy atom. The summed E-state index contributed by atoms with van der Waals surface area (Å²) in [7, 11) is 0. The van der Waals surface area contributed by atoms with E-state index in [0.29, 0.717) is 23.6 Å². The Labute approximate surface area is 237 Å². The van der Waals surface area contributed by atoms with Crippen molar-refractivity contribution in [2.75, 3.05) is 6.54 Å². The van der Waals surface area contributed by atoms with E-state index in [9.17, 15) is 14.4 Å². The van der Waals surface area contributed by atoms with Crippen molar-refractivity contribution in [3.05, 3.63) is 71.4 Å². The van der Waals surface area contributed by atoms with E-state index in [4.69, 9.17) is 14.3 Å². The Bertz CT molecular complexity index is 1550. The van der Waals surface area contributed by atoms with E-state index in [-0.39, 0.29) is 13.0 Å². The Kier molecular flexibility index (Phi) is 7.06. The first-order chi connectivity index (χ1) is 19.4. The van der Waals surface area contributed by atoms with Crippen LogP contribution in [-0.4, -0.2) is 46.4 Å². The van der Waals surface area contributed by atoms with Crippen molar-refractivity contribution >= 4 is 34.6 Å². The summed E-state index contributed by atoms with van der Waals surface area (Å²) in [5, 5.41) is 12.9. The number of rotatable bonds is 7. The maximum absolute atomic E-state index is 12.6. The van der Waals surface area contributed by atoms with Gasteiger partial charge in [-0.3, -0.25) is 15.1 Å². The number of nitrogens with one attached hydrogen (secondary N) is 3. The number of carbonyl (C=O) groups is 3. The number of hydrogen-bond donors (Lipinski definition) is 3. The molecule has 1 fully saturated rings. The van der Waals surface area contributed by atoms with Gasteiger partial charge in [-0.2, -0.15) is 0 Å². The van der Waals surface area contributed by atoms with Gasteiger partial charge < -0.3 is 24.9 Å². The molecule has 3 heterocycles. The Hall–Kier alpha value is -4.67. The Morgan fingerprint density at radius 3 is 2.54 bits per heavy atom. The molecule has 11 nitrogen and oxygen atoms in total. The largest absolute Gasteiger partial charge is 0.489 e. The van der Waals surface area contributed by atoms with Gasteiger partial charge >= 0.3 is 12.1 Å². The van der Waals surface area contributed by atoms with E-state index in [2.05, 4.69) is 26.1 Å². The number of nitrogens with zero attached hydrogens (tertiary/aromatic N) is 2. The molecule has 0 saturated carbocycles. The van der Waals surface area contributed by atoms with Crippen molar-refractivity contribution in [2.24, 2.45) is 5.16 Å². The van der Waals surface area contributed by atoms with Crippen molar-refractivity contribution < 1.29 is 28.7 Å². The third kappa shape index (κ3) is 5.79. The molecule has 3 N–H and O–H groups in total. The normalized spacial score (nSPS) is 22.0. The number of alkyl carbamates (subject to hydrolysis) is 1. The SMILES string of the molecule is Cc1cc(COc2ccc(C3(CNC(=O)OC(C)(C)C)CC(C4(C)NC(=O)NC4=O)=NO3)cc2)c2ccccc2n1. The van der Waals surface area contributed by atoms with E-state index in [0.717, 1.165) is 22.2 Å². The second-order valence-corrected chi connectivity index (χ2v) is 11.4. The number of carbonyl (C=O) groups excluding carboxylic acids is 3. The van der Waals surface area contributed by atoms with Crippen molar-refractivity contribution in [3.8, 4) is 5.75 Å². The minimum absolute atomic E-state index is 0.00302. The highest BCUT2D eigenvalue weighted by Gasteiger charge is 2.53. The molecule has 5 rings (SSSR count). The topological polar surface area (TPSA) is 140 Å². The Morgan fingerprint density at radius 1 is 1.12 bits per heavy atom. The van der Waals surface area contributed by atoms with Crippen LogP contribution in [0.1, 0.15) is 50.9 Å². The molecule has 1 aromatic heterocycles. The van der Waals surface area contributed by atoms with Crippen LogP contribution >= 0.6 is 0 Å². The second-order valence-electron chi connectivity index (χ2n) is 11.4. The maximum Gasteiger partial charge on any atom is 0.407 e. The predicted octanol–water partition coefficient (Wildman–Crippen LogP) is 4.22. The highest BCUT2D eigenvalue weighted by molar-refractivity contribution is 6.22. The van der Waals surface area contributed by atoms with Gasteiger partial charge in [0, 0.05) is 28.6 Å². The van der Waals surface area contributed by atoms with E-state index < -0.39 is 34.8 Å². The monoisotopic (exact) mass is 559 g/mol. The number of imide groups is 1. The first kappa shape index (κ1) is 27.9. The molecule has 0 aliphatic carbocycles. The van der Waals surface area contributed by atoms with Crippen molar-refractivity contribution in [2.45, 2.75) is 64.4 Å². The van der Waals surface area contributed by atoms with Crippen LogP contribution in [-0.2, 0) is 26.6 Å². The average Bonchev–Trinajstić information content (AvgIpc) is 3.47. The number of hydrogen-bond acceptors (Lipinski definition) is 8. The van der Waals surface area contributed by atoms with Crippen LogP contribution in [0.5, 0.6) is 5.75 Å². The van der Waals surface area contributed by atoms with E-state index in [1.54, 1.807) is 27.7 Å². The number of ether oxygens (including phenoxy) is 2. The summed E-state index contributed by atoms with van der Waals surface area (Å²) in [5.74, 6) is 0.111. The van der Waals surface area contributed by atoms with Gasteiger partial charge in [0.05, 0.1) is 17.8 Å². The fraction of sp³-hybridized carbons (Fsp3) is 0.367. The van der Waals surface area contributed by atoms with Gasteiger partial charge in [-0.25, -0.2) is 9.59 Å². The first-order valence-corrected chi connectivity index (χ1v) is 13.3. The molecule has 0 radical (unpaired) electrons. The lowest BCUT2D eigenvalue weighted by molar-refractivity contribution is -0.121. The lowest BCUT2D eigenvalue weighted by Gasteiger charge is -2.29. The van der Waals surface area contributed by atoms with E-state index >= 15 is 0 Å². The molecule has 4 amide bonds.